The van der Waals surface area contributed by atoms with Gasteiger partial charge in [0.15, 0.2) is 0 Å². The summed E-state index contributed by atoms with van der Waals surface area (Å²) in [4.78, 5) is 14.3. The number of hydrogen-bond acceptors (Lipinski definition) is 3. The maximum atomic E-state index is 12.4. The summed E-state index contributed by atoms with van der Waals surface area (Å²) < 4.78 is 5.84. The largest absolute Gasteiger partial charge is 0.492 e. The highest BCUT2D eigenvalue weighted by Gasteiger charge is 2.23. The monoisotopic (exact) mass is 341 g/mol. The van der Waals surface area contributed by atoms with Gasteiger partial charge in [-0.2, -0.15) is 0 Å². The molecule has 0 aromatic heterocycles. The van der Waals surface area contributed by atoms with E-state index in [9.17, 15) is 4.79 Å². The van der Waals surface area contributed by atoms with Crippen molar-refractivity contribution in [3.63, 3.8) is 0 Å². The van der Waals surface area contributed by atoms with Crippen LogP contribution in [0.15, 0.2) is 42.5 Å². The Morgan fingerprint density at radius 2 is 2.04 bits per heavy atom. The molecule has 24 heavy (non-hydrogen) atoms. The van der Waals surface area contributed by atoms with E-state index in [0.29, 0.717) is 12.4 Å². The lowest BCUT2D eigenvalue weighted by Crippen LogP contribution is -2.30. The maximum Gasteiger partial charge on any atom is 0.236 e. The molecule has 0 atom stereocenters. The molecule has 0 unspecified atom stereocenters. The predicted octanol–water partition coefficient (Wildman–Crippen LogP) is 4.00. The van der Waals surface area contributed by atoms with Crippen molar-refractivity contribution in [2.75, 3.05) is 29.6 Å². The Kier molecular flexibility index (Phi) is 5.46. The van der Waals surface area contributed by atoms with Crippen LogP contribution in [-0.2, 0) is 11.2 Å². The fraction of sp³-hybridized carbons (Fsp3) is 0.350. The number of carbonyl (C=O) groups excluding carboxylic acids is 1. The number of amides is 1. The van der Waals surface area contributed by atoms with Gasteiger partial charge in [0.1, 0.15) is 5.75 Å². The molecule has 0 saturated heterocycles. The van der Waals surface area contributed by atoms with E-state index in [1.165, 1.54) is 11.1 Å². The van der Waals surface area contributed by atoms with E-state index >= 15 is 0 Å². The van der Waals surface area contributed by atoms with Crippen LogP contribution in [0.3, 0.4) is 0 Å². The van der Waals surface area contributed by atoms with Gasteiger partial charge in [-0.1, -0.05) is 30.3 Å². The Morgan fingerprint density at radius 1 is 1.21 bits per heavy atom. The van der Waals surface area contributed by atoms with Gasteiger partial charge >= 0.3 is 0 Å². The van der Waals surface area contributed by atoms with Crippen molar-refractivity contribution in [3.05, 3.63) is 59.2 Å². The number of anilines is 1. The zero-order chi connectivity index (χ0) is 16.9. The molecule has 1 aliphatic rings. The number of carbonyl (C=O) groups is 1. The molecule has 0 fully saturated rings. The molecule has 0 aliphatic carbocycles. The van der Waals surface area contributed by atoms with E-state index in [1.807, 2.05) is 23.1 Å². The van der Waals surface area contributed by atoms with Gasteiger partial charge in [-0.25, -0.2) is 0 Å². The molecular weight excluding hydrogens is 318 g/mol. The van der Waals surface area contributed by atoms with Crippen molar-refractivity contribution in [1.82, 2.24) is 0 Å². The predicted molar refractivity (Wildman–Crippen MR) is 101 cm³/mol. The van der Waals surface area contributed by atoms with Crippen LogP contribution in [0, 0.1) is 13.8 Å². The number of rotatable bonds is 6. The third-order valence-electron chi connectivity index (χ3n) is 4.24. The molecule has 1 amide bonds. The van der Waals surface area contributed by atoms with E-state index in [4.69, 9.17) is 4.74 Å². The molecule has 3 nitrogen and oxygen atoms in total. The Labute approximate surface area is 148 Å². The highest BCUT2D eigenvalue weighted by atomic mass is 32.2. The average molecular weight is 341 g/mol. The fourth-order valence-electron chi connectivity index (χ4n) is 2.91. The van der Waals surface area contributed by atoms with Gasteiger partial charge in [-0.05, 0) is 49.1 Å². The van der Waals surface area contributed by atoms with Gasteiger partial charge in [0.2, 0.25) is 5.91 Å². The summed E-state index contributed by atoms with van der Waals surface area (Å²) in [6.07, 6.45) is 0.961. The molecule has 1 heterocycles. The van der Waals surface area contributed by atoms with Crippen molar-refractivity contribution >= 4 is 23.4 Å². The van der Waals surface area contributed by atoms with Gasteiger partial charge in [-0.3, -0.25) is 4.79 Å². The van der Waals surface area contributed by atoms with Gasteiger partial charge in [0.05, 0.1) is 12.4 Å². The summed E-state index contributed by atoms with van der Waals surface area (Å²) in [5.41, 5.74) is 4.70. The first-order valence-electron chi connectivity index (χ1n) is 8.31. The Balaban J connectivity index is 1.42. The normalized spacial score (nSPS) is 13.0. The Bertz CT molecular complexity index is 729. The summed E-state index contributed by atoms with van der Waals surface area (Å²) >= 11 is 1.64. The van der Waals surface area contributed by atoms with Crippen LogP contribution in [-0.4, -0.2) is 30.6 Å². The van der Waals surface area contributed by atoms with Crippen LogP contribution < -0.4 is 9.64 Å². The molecule has 1 aliphatic heterocycles. The summed E-state index contributed by atoms with van der Waals surface area (Å²) in [7, 11) is 0. The van der Waals surface area contributed by atoms with Crippen LogP contribution >= 0.6 is 11.8 Å². The lowest BCUT2D eigenvalue weighted by molar-refractivity contribution is -0.116. The third kappa shape index (κ3) is 3.93. The first-order valence-corrected chi connectivity index (χ1v) is 9.46. The number of benzene rings is 2. The molecule has 126 valence electrons. The highest BCUT2D eigenvalue weighted by molar-refractivity contribution is 7.99. The first kappa shape index (κ1) is 16.9. The van der Waals surface area contributed by atoms with E-state index in [1.54, 1.807) is 11.8 Å². The first-order chi connectivity index (χ1) is 11.6. The number of hydrogen-bond donors (Lipinski definition) is 0. The minimum absolute atomic E-state index is 0.191. The molecule has 2 aromatic rings. The van der Waals surface area contributed by atoms with Crippen molar-refractivity contribution < 1.29 is 9.53 Å². The lowest BCUT2D eigenvalue weighted by Gasteiger charge is -2.17. The van der Waals surface area contributed by atoms with E-state index < -0.39 is 0 Å². The second-order valence-corrected chi connectivity index (χ2v) is 7.20. The van der Waals surface area contributed by atoms with Gasteiger partial charge in [0, 0.05) is 18.0 Å². The fourth-order valence-corrected chi connectivity index (χ4v) is 3.58. The summed E-state index contributed by atoms with van der Waals surface area (Å²) in [5.74, 6) is 2.45. The summed E-state index contributed by atoms with van der Waals surface area (Å²) in [5, 5.41) is 0. The summed E-state index contributed by atoms with van der Waals surface area (Å²) in [6.45, 7) is 5.54. The number of aryl methyl sites for hydroxylation is 2. The minimum atomic E-state index is 0.191. The number of nitrogens with zero attached hydrogens (tertiary/aromatic N) is 1. The topological polar surface area (TPSA) is 29.5 Å². The molecule has 0 spiro atoms. The molecule has 0 bridgehead atoms. The smallest absolute Gasteiger partial charge is 0.236 e. The van der Waals surface area contributed by atoms with Crippen LogP contribution in [0.1, 0.15) is 16.7 Å². The second-order valence-electron chi connectivity index (χ2n) is 6.09. The quantitative estimate of drug-likeness (QED) is 0.744. The average Bonchev–Trinajstić information content (AvgIpc) is 3.01. The number of para-hydroxylation sites is 1. The van der Waals surface area contributed by atoms with Gasteiger partial charge in [-0.15, -0.1) is 11.8 Å². The van der Waals surface area contributed by atoms with E-state index in [-0.39, 0.29) is 5.91 Å². The van der Waals surface area contributed by atoms with Crippen LogP contribution in [0.25, 0.3) is 0 Å². The molecule has 4 heteroatoms. The number of thioether (sulfide) groups is 1. The number of ether oxygens (including phenoxy) is 1. The molecule has 2 aromatic carbocycles. The van der Waals surface area contributed by atoms with Gasteiger partial charge in [0.25, 0.3) is 0 Å². The van der Waals surface area contributed by atoms with Crippen LogP contribution in [0.4, 0.5) is 5.69 Å². The Hall–Kier alpha value is -1.94. The van der Waals surface area contributed by atoms with Crippen molar-refractivity contribution in [3.8, 4) is 5.75 Å². The zero-order valence-electron chi connectivity index (χ0n) is 14.2. The Morgan fingerprint density at radius 3 is 2.92 bits per heavy atom. The SMILES string of the molecule is Cc1ccc(C)c(OCCSCC(=O)N2CCc3ccccc32)c1. The minimum Gasteiger partial charge on any atom is -0.492 e. The number of fused-ring (bicyclic) bond motifs is 1. The molecule has 0 radical (unpaired) electrons. The molecule has 0 N–H and O–H groups in total. The van der Waals surface area contributed by atoms with Crippen LogP contribution in [0.5, 0.6) is 5.75 Å². The zero-order valence-corrected chi connectivity index (χ0v) is 15.1. The second kappa shape index (κ2) is 7.75. The molecular formula is C20H23NO2S. The molecule has 0 saturated carbocycles. The van der Waals surface area contributed by atoms with E-state index in [2.05, 4.69) is 38.1 Å². The van der Waals surface area contributed by atoms with Crippen LogP contribution in [0.2, 0.25) is 0 Å². The molecule has 3 rings (SSSR count). The van der Waals surface area contributed by atoms with E-state index in [0.717, 1.165) is 35.7 Å². The van der Waals surface area contributed by atoms with Crippen molar-refractivity contribution in [2.45, 2.75) is 20.3 Å². The third-order valence-corrected chi connectivity index (χ3v) is 5.15. The van der Waals surface area contributed by atoms with Crippen molar-refractivity contribution in [1.29, 1.82) is 0 Å². The van der Waals surface area contributed by atoms with Gasteiger partial charge < -0.3 is 9.64 Å². The standard InChI is InChI=1S/C20H23NO2S/c1-15-7-8-16(2)19(13-15)23-11-12-24-14-20(22)21-10-9-17-5-3-4-6-18(17)21/h3-8,13H,9-12,14H2,1-2H3. The maximum absolute atomic E-state index is 12.4. The summed E-state index contributed by atoms with van der Waals surface area (Å²) in [6, 6.07) is 14.4. The highest BCUT2D eigenvalue weighted by Crippen LogP contribution is 2.28. The lowest BCUT2D eigenvalue weighted by atomic mass is 10.1. The van der Waals surface area contributed by atoms with Crippen molar-refractivity contribution in [2.24, 2.45) is 0 Å².